The van der Waals surface area contributed by atoms with Crippen LogP contribution < -0.4 is 15.3 Å². The number of aliphatic hydroxyl groups excluding tert-OH is 1. The van der Waals surface area contributed by atoms with Gasteiger partial charge in [-0.2, -0.15) is 15.4 Å². The number of nitrogens with one attached hydrogen (secondary N) is 1. The van der Waals surface area contributed by atoms with Gasteiger partial charge in [0.2, 0.25) is 5.60 Å². The number of para-hydroxylation sites is 1. The maximum Gasteiger partial charge on any atom is 0.459 e. The van der Waals surface area contributed by atoms with Crippen molar-refractivity contribution in [2.24, 2.45) is 0 Å². The number of nitriles is 1. The summed E-state index contributed by atoms with van der Waals surface area (Å²) < 4.78 is 38.5. The largest absolute Gasteiger partial charge is 0.461 e. The molecule has 0 amide bonds. The molecule has 6 rings (SSSR count). The number of rotatable bonds is 9. The van der Waals surface area contributed by atoms with Crippen molar-refractivity contribution >= 4 is 25.1 Å². The number of benzene rings is 1. The predicted octanol–water partition coefficient (Wildman–Crippen LogP) is 2.18. The number of aliphatic hydroxyl groups is 2. The molecule has 2 saturated carbocycles. The van der Waals surface area contributed by atoms with Crippen LogP contribution in [0.15, 0.2) is 48.8 Å². The van der Waals surface area contributed by atoms with Gasteiger partial charge in [-0.1, -0.05) is 24.6 Å². The van der Waals surface area contributed by atoms with Crippen LogP contribution in [0.1, 0.15) is 50.8 Å². The number of nitrogen functional groups attached to an aromatic ring is 1. The zero-order chi connectivity index (χ0) is 29.7. The number of esters is 1. The minimum absolute atomic E-state index is 0.140. The predicted molar refractivity (Wildman–Crippen MR) is 146 cm³/mol. The first kappa shape index (κ1) is 28.5. The quantitative estimate of drug-likeness (QED) is 0.206. The van der Waals surface area contributed by atoms with E-state index in [4.69, 9.17) is 24.3 Å². The minimum Gasteiger partial charge on any atom is -0.461 e. The first-order valence-corrected chi connectivity index (χ1v) is 15.2. The van der Waals surface area contributed by atoms with Gasteiger partial charge in [0.05, 0.1) is 5.69 Å². The lowest BCUT2D eigenvalue weighted by Gasteiger charge is -2.27. The molecule has 42 heavy (non-hydrogen) atoms. The maximum atomic E-state index is 14.1. The lowest BCUT2D eigenvalue weighted by Crippen LogP contribution is -2.39. The number of nitrogens with zero attached hydrogens (tertiary/aromatic N) is 4. The average Bonchev–Trinajstić information content (AvgIpc) is 3.22. The van der Waals surface area contributed by atoms with E-state index in [9.17, 15) is 24.8 Å². The van der Waals surface area contributed by atoms with E-state index in [2.05, 4.69) is 15.2 Å². The Kier molecular flexibility index (Phi) is 7.21. The van der Waals surface area contributed by atoms with Crippen LogP contribution in [-0.2, 0) is 23.4 Å². The molecule has 1 saturated heterocycles. The fraction of sp³-hybridized carbons (Fsp3) is 0.481. The maximum absolute atomic E-state index is 14.1. The second-order valence-corrected chi connectivity index (χ2v) is 12.4. The molecule has 1 aliphatic heterocycles. The molecule has 1 unspecified atom stereocenters. The summed E-state index contributed by atoms with van der Waals surface area (Å²) in [6, 6.07) is 12.0. The molecule has 3 fully saturated rings. The van der Waals surface area contributed by atoms with Crippen molar-refractivity contribution in [2.45, 2.75) is 80.7 Å². The molecule has 3 heterocycles. The molecule has 7 atom stereocenters. The molecule has 2 aromatic heterocycles. The molecular weight excluding hydrogens is 567 g/mol. The number of nitrogens with two attached hydrogens (primary N) is 1. The Morgan fingerprint density at radius 3 is 2.69 bits per heavy atom. The zero-order valence-electron chi connectivity index (χ0n) is 22.7. The van der Waals surface area contributed by atoms with Crippen LogP contribution in [0.5, 0.6) is 5.75 Å². The molecule has 5 N–H and O–H groups in total. The van der Waals surface area contributed by atoms with Crippen LogP contribution in [-0.4, -0.2) is 66.3 Å². The topological polar surface area (TPSA) is 204 Å². The number of hydrogen-bond acceptors (Lipinski definition) is 12. The van der Waals surface area contributed by atoms with Gasteiger partial charge in [0, 0.05) is 0 Å². The Morgan fingerprint density at radius 2 is 2.00 bits per heavy atom. The number of carbonyl (C=O) groups excluding carboxylic acids is 1. The lowest BCUT2D eigenvalue weighted by molar-refractivity contribution is -0.152. The first-order valence-electron chi connectivity index (χ1n) is 13.7. The Balaban J connectivity index is 1.24. The van der Waals surface area contributed by atoms with E-state index in [1.165, 1.54) is 29.9 Å². The number of fused-ring (bicyclic) bond motifs is 2. The summed E-state index contributed by atoms with van der Waals surface area (Å²) in [5.74, 6) is -0.323. The molecular formula is C27H31N6O8P. The Morgan fingerprint density at radius 1 is 1.26 bits per heavy atom. The monoisotopic (exact) mass is 598 g/mol. The second kappa shape index (κ2) is 10.6. The molecule has 0 radical (unpaired) electrons. The smallest absolute Gasteiger partial charge is 0.459 e. The van der Waals surface area contributed by atoms with Crippen molar-refractivity contribution in [3.8, 4) is 11.8 Å². The van der Waals surface area contributed by atoms with Crippen molar-refractivity contribution in [3.63, 3.8) is 0 Å². The Labute approximate surface area is 240 Å². The summed E-state index contributed by atoms with van der Waals surface area (Å²) in [5, 5.41) is 39.6. The fourth-order valence-electron chi connectivity index (χ4n) is 5.76. The van der Waals surface area contributed by atoms with Gasteiger partial charge in [-0.25, -0.2) is 14.1 Å². The number of hydrogen-bond donors (Lipinski definition) is 4. The van der Waals surface area contributed by atoms with Crippen LogP contribution in [0, 0.1) is 11.3 Å². The van der Waals surface area contributed by atoms with Crippen molar-refractivity contribution < 1.29 is 38.1 Å². The van der Waals surface area contributed by atoms with Crippen molar-refractivity contribution in [1.29, 1.82) is 5.26 Å². The third-order valence-corrected chi connectivity index (χ3v) is 9.70. The van der Waals surface area contributed by atoms with E-state index in [1.807, 2.05) is 6.07 Å². The fourth-order valence-corrected chi connectivity index (χ4v) is 7.49. The summed E-state index contributed by atoms with van der Waals surface area (Å²) in [7, 11) is -4.50. The van der Waals surface area contributed by atoms with Gasteiger partial charge in [-0.05, 0) is 56.9 Å². The highest BCUT2D eigenvalue weighted by Gasteiger charge is 2.90. The highest BCUT2D eigenvalue weighted by Crippen LogP contribution is 2.68. The summed E-state index contributed by atoms with van der Waals surface area (Å²) in [4.78, 5) is 16.8. The van der Waals surface area contributed by atoms with E-state index >= 15 is 0 Å². The first-order chi connectivity index (χ1) is 20.1. The van der Waals surface area contributed by atoms with E-state index in [-0.39, 0.29) is 17.7 Å². The van der Waals surface area contributed by atoms with Gasteiger partial charge in [0.1, 0.15) is 48.0 Å². The number of ether oxygens (including phenoxy) is 2. The number of aromatic nitrogens is 3. The van der Waals surface area contributed by atoms with Crippen molar-refractivity contribution in [2.75, 3.05) is 5.73 Å². The van der Waals surface area contributed by atoms with E-state index < -0.39 is 49.3 Å². The van der Waals surface area contributed by atoms with Crippen LogP contribution in [0.2, 0.25) is 0 Å². The molecule has 14 nitrogen and oxygen atoms in total. The molecule has 3 aliphatic rings. The number of anilines is 1. The zero-order valence-corrected chi connectivity index (χ0v) is 23.6. The van der Waals surface area contributed by atoms with Gasteiger partial charge in [0.25, 0.3) is 0 Å². The normalized spacial score (nSPS) is 31.0. The molecule has 15 heteroatoms. The summed E-state index contributed by atoms with van der Waals surface area (Å²) in [5.41, 5.74) is 2.25. The molecule has 1 aromatic carbocycles. The Bertz CT molecular complexity index is 1580. The third-order valence-electron chi connectivity index (χ3n) is 8.05. The molecule has 2 aliphatic carbocycles. The highest BCUT2D eigenvalue weighted by atomic mass is 31.2. The van der Waals surface area contributed by atoms with E-state index in [0.29, 0.717) is 11.2 Å². The SMILES string of the molecule is C[C@H](N[P@@](=O)(Oc1ccccc1)OC1[C@@]2(C#N)O[C@@H](c3ccc4c(N)ncnn34)[C@H](O)[C@@]12O)C(=O)OC1CCCCC1. The Hall–Kier alpha value is -3.57. The number of carbonyl (C=O) groups is 1. The van der Waals surface area contributed by atoms with Crippen LogP contribution in [0.25, 0.3) is 5.52 Å². The average molecular weight is 599 g/mol. The van der Waals surface area contributed by atoms with Gasteiger partial charge < -0.3 is 29.9 Å². The molecule has 222 valence electrons. The van der Waals surface area contributed by atoms with Crippen LogP contribution in [0.3, 0.4) is 0 Å². The van der Waals surface area contributed by atoms with Crippen LogP contribution >= 0.6 is 7.75 Å². The highest BCUT2D eigenvalue weighted by molar-refractivity contribution is 7.52. The molecule has 0 spiro atoms. The summed E-state index contributed by atoms with van der Waals surface area (Å²) in [6.07, 6.45) is 0.968. The van der Waals surface area contributed by atoms with Gasteiger partial charge in [-0.3, -0.25) is 9.32 Å². The van der Waals surface area contributed by atoms with E-state index in [1.54, 1.807) is 30.3 Å². The third kappa shape index (κ3) is 4.63. The minimum atomic E-state index is -4.50. The van der Waals surface area contributed by atoms with Crippen molar-refractivity contribution in [3.05, 3.63) is 54.5 Å². The molecule has 3 aromatic rings. The van der Waals surface area contributed by atoms with Crippen LogP contribution in [0.4, 0.5) is 5.82 Å². The van der Waals surface area contributed by atoms with Crippen molar-refractivity contribution in [1.82, 2.24) is 19.7 Å². The van der Waals surface area contributed by atoms with E-state index in [0.717, 1.165) is 32.1 Å². The molecule has 0 bridgehead atoms. The lowest BCUT2D eigenvalue weighted by atomic mass is 9.98. The summed E-state index contributed by atoms with van der Waals surface area (Å²) >= 11 is 0. The van der Waals surface area contributed by atoms with Gasteiger partial charge in [-0.15, -0.1) is 0 Å². The second-order valence-electron chi connectivity index (χ2n) is 10.8. The standard InChI is InChI=1S/C27H31N6O8P/c1-16(24(35)38-17-8-4-2-5-9-17)32-42(37,40-18-10-6-3-7-11-18)41-25-26(14-28)27(25,36)22(34)21(39-26)19-12-13-20-23(29)30-15-31-33(19)20/h3,6-7,10-13,15-17,21-22,25,34,36H,2,4-5,8-9H2,1H3,(H,32,37)(H2,29,30,31)/t16-,21-,22-,25?,26+,27+,42+/m0/s1. The van der Waals surface area contributed by atoms with Gasteiger partial charge >= 0.3 is 13.7 Å². The van der Waals surface area contributed by atoms with Gasteiger partial charge in [0.15, 0.2) is 17.5 Å². The summed E-state index contributed by atoms with van der Waals surface area (Å²) in [6.45, 7) is 1.45.